The second-order valence-electron chi connectivity index (χ2n) is 18.5. The van der Waals surface area contributed by atoms with Crippen LogP contribution in [0.15, 0.2) is 99.2 Å². The van der Waals surface area contributed by atoms with Crippen LogP contribution in [0.2, 0.25) is 0 Å². The van der Waals surface area contributed by atoms with Crippen LogP contribution in [-0.2, 0) is 60.6 Å². The molecule has 2 amide bonds. The second kappa shape index (κ2) is 39.5. The number of fused-ring (bicyclic) bond motifs is 1. The Morgan fingerprint density at radius 1 is 0.769 bits per heavy atom. The predicted octanol–water partition coefficient (Wildman–Crippen LogP) is 3.81. The molecule has 1 aliphatic rings. The number of carbonyl (C=O) groups excluding carboxylic acids is 7. The number of amides is 2. The van der Waals surface area contributed by atoms with Crippen molar-refractivity contribution in [1.29, 1.82) is 0 Å². The molecule has 5 rings (SSSR count). The first-order valence-electron chi connectivity index (χ1n) is 24.2. The van der Waals surface area contributed by atoms with Gasteiger partial charge in [0.1, 0.15) is 35.8 Å². The largest absolute Gasteiger partial charge is 1.00 e. The Kier molecular flexibility index (Phi) is 38.5. The first-order chi connectivity index (χ1) is 35.5. The summed E-state index contributed by atoms with van der Waals surface area (Å²) in [4.78, 5) is 90.0. The number of nitrogens with zero attached hydrogens (tertiary/aromatic N) is 1. The molecule has 78 heavy (non-hydrogen) atoms. The number of nitrogens with one attached hydrogen (secondary N) is 1. The first-order valence-corrected chi connectivity index (χ1v) is 26.7. The summed E-state index contributed by atoms with van der Waals surface area (Å²) in [7, 11) is 3.27. The minimum atomic E-state index is -0.669. The normalized spacial score (nSPS) is 12.7. The minimum Gasteiger partial charge on any atom is -1.00 e. The molecular weight excluding hydrogens is 1350 g/mol. The third-order valence-electron chi connectivity index (χ3n) is 10.3. The van der Waals surface area contributed by atoms with Crippen molar-refractivity contribution in [3.8, 4) is 11.5 Å². The third-order valence-corrected chi connectivity index (χ3v) is 13.9. The number of benzene rings is 4. The number of rotatable bonds is 22. The summed E-state index contributed by atoms with van der Waals surface area (Å²) in [5, 5.41) is 10.4. The van der Waals surface area contributed by atoms with Crippen molar-refractivity contribution in [1.82, 2.24) is 5.32 Å². The fourth-order valence-corrected chi connectivity index (χ4v) is 10.1. The molecule has 1 N–H and O–H groups in total. The van der Waals surface area contributed by atoms with Crippen molar-refractivity contribution in [2.45, 2.75) is 133 Å². The van der Waals surface area contributed by atoms with E-state index >= 15 is 0 Å². The van der Waals surface area contributed by atoms with Crippen LogP contribution in [0.5, 0.6) is 11.5 Å². The predicted molar refractivity (Wildman–Crippen MR) is 296 cm³/mol. The zero-order chi connectivity index (χ0) is 55.7. The molecule has 1 heterocycles. The van der Waals surface area contributed by atoms with Crippen LogP contribution in [0.3, 0.4) is 0 Å². The molecule has 0 aliphatic carbocycles. The third kappa shape index (κ3) is 28.3. The van der Waals surface area contributed by atoms with Gasteiger partial charge in [0.15, 0.2) is 0 Å². The molecule has 0 fully saturated rings. The van der Waals surface area contributed by atoms with Crippen LogP contribution in [-0.4, -0.2) is 104 Å². The van der Waals surface area contributed by atoms with Gasteiger partial charge < -0.3 is 45.3 Å². The molecule has 1 aliphatic heterocycles. The average Bonchev–Trinajstić information content (AvgIpc) is 3.36. The summed E-state index contributed by atoms with van der Waals surface area (Å²) in [6.07, 6.45) is 4.44. The number of halogens is 1. The topological polar surface area (TPSA) is 222 Å². The summed E-state index contributed by atoms with van der Waals surface area (Å²) in [5.74, 6) is -0.660. The summed E-state index contributed by atoms with van der Waals surface area (Å²) in [5.41, 5.74) is 2.32. The quantitative estimate of drug-likeness (QED) is 0.0295. The van der Waals surface area contributed by atoms with Gasteiger partial charge in [-0.3, -0.25) is 28.9 Å². The molecule has 4 aromatic carbocycles. The van der Waals surface area contributed by atoms with Crippen LogP contribution >= 0.6 is 39.5 Å². The van der Waals surface area contributed by atoms with E-state index in [1.807, 2.05) is 54.6 Å². The van der Waals surface area contributed by atoms with Gasteiger partial charge in [0.25, 0.3) is 6.47 Å². The fourth-order valence-electron chi connectivity index (χ4n) is 7.07. The molecule has 418 valence electrons. The number of ether oxygens (including phenoxy) is 6. The number of thioether (sulfide) groups is 2. The van der Waals surface area contributed by atoms with Crippen molar-refractivity contribution in [3.63, 3.8) is 0 Å². The average molecular weight is 1420 g/mol. The van der Waals surface area contributed by atoms with Crippen molar-refractivity contribution in [3.05, 3.63) is 112 Å². The second-order valence-corrected chi connectivity index (χ2v) is 21.8. The molecule has 0 spiro atoms. The van der Waals surface area contributed by atoms with Crippen molar-refractivity contribution in [2.75, 3.05) is 45.4 Å². The van der Waals surface area contributed by atoms with Gasteiger partial charge in [-0.1, -0.05) is 31.7 Å². The van der Waals surface area contributed by atoms with Gasteiger partial charge in [0.2, 0.25) is 11.8 Å². The molecule has 2 atom stereocenters. The van der Waals surface area contributed by atoms with E-state index in [0.29, 0.717) is 40.7 Å². The van der Waals surface area contributed by atoms with E-state index in [9.17, 15) is 28.8 Å². The van der Waals surface area contributed by atoms with E-state index < -0.39 is 40.3 Å². The van der Waals surface area contributed by atoms with Crippen molar-refractivity contribution in [2.24, 2.45) is 0 Å². The van der Waals surface area contributed by atoms with E-state index in [4.69, 9.17) is 38.5 Å². The summed E-state index contributed by atoms with van der Waals surface area (Å²) >= 11 is 6.36. The molecule has 0 unspecified atom stereocenters. The molecule has 0 aromatic heterocycles. The van der Waals surface area contributed by atoms with Crippen molar-refractivity contribution >= 4 is 87.3 Å². The molecule has 17 nitrogen and oxygen atoms in total. The summed E-state index contributed by atoms with van der Waals surface area (Å²) in [6.45, 7) is 14.1. The van der Waals surface area contributed by atoms with Gasteiger partial charge >= 0.3 is 162 Å². The van der Waals surface area contributed by atoms with E-state index in [1.54, 1.807) is 99.9 Å². The van der Waals surface area contributed by atoms with Gasteiger partial charge in [-0.2, -0.15) is 0 Å². The zero-order valence-corrected chi connectivity index (χ0v) is 61.9. The Labute approximate surface area is 595 Å². The first kappa shape index (κ1) is 76.0. The fraction of sp³-hybridized carbons (Fsp3) is 0.446. The van der Waals surface area contributed by atoms with Crippen LogP contribution in [0.25, 0.3) is 0 Å². The SMILES string of the molecule is C.CCOC(=O)c1ccc(S[C@@H](CCCc2ccc(OC)cc2)C(=O)NCC(=O)OC(C)(C)C)c(Br)c1.CCOC(=O)c1ccc2c(c1)N(CC(=O)OC(C)(C)C)C(=O)[C@H](CCCc1ccc(OC)cc1)S2.O=CO[O-].[Cs+].[Cs+].[H-]. The van der Waals surface area contributed by atoms with Crippen LogP contribution < -0.4 is 163 Å². The minimum absolute atomic E-state index is 0. The molecule has 22 heteroatoms. The Hall–Kier alpha value is -1.99. The summed E-state index contributed by atoms with van der Waals surface area (Å²) < 4.78 is 32.0. The number of carbonyl (C=O) groups is 7. The number of esters is 4. The number of methoxy groups -OCH3 is 2. The van der Waals surface area contributed by atoms with Gasteiger partial charge in [-0.25, -0.2) is 9.59 Å². The number of aryl methyl sites for hydroxylation is 2. The van der Waals surface area contributed by atoms with Gasteiger partial charge in [-0.15, -0.1) is 23.5 Å². The molecule has 0 radical (unpaired) electrons. The Morgan fingerprint density at radius 2 is 1.26 bits per heavy atom. The number of anilines is 1. The van der Waals surface area contributed by atoms with Gasteiger partial charge in [0, 0.05) is 14.3 Å². The standard InChI is InChI=1S/C27H34BrNO6S.C27H33NO6S.CH2O3.CH4.2Cs.H/c1-6-34-26(32)19-12-15-22(21(28)16-19)36-23(25(31)29-17-24(30)35-27(2,3)4)9-7-8-18-10-13-20(33-5)14-11-18;1-6-33-26(31)19-12-15-22-21(16-19)28(17-24(29)34-27(2,3)4)25(30)23(35-22)9-7-8-18-10-13-20(32-5)14-11-18;2-1-4-3;;;;/h10-16,23H,6-9,17H2,1-5H3,(H,29,31);10-16,23H,6-9,17H2,1-5H3;1,3H;1H4;;;/q;;;;2*+1;-1/p-1/t2*23-;;;;;/m00...../s1. The van der Waals surface area contributed by atoms with Crippen LogP contribution in [0.4, 0.5) is 5.69 Å². The van der Waals surface area contributed by atoms with Gasteiger partial charge in [-0.05, 0) is 182 Å². The molecule has 0 saturated heterocycles. The maximum atomic E-state index is 13.5. The van der Waals surface area contributed by atoms with Crippen molar-refractivity contribution < 1.29 is 211 Å². The van der Waals surface area contributed by atoms with E-state index in [0.717, 1.165) is 52.5 Å². The smallest absolute Gasteiger partial charge is 1.00 e. The van der Waals surface area contributed by atoms with Gasteiger partial charge in [0.05, 0.1) is 54.7 Å². The summed E-state index contributed by atoms with van der Waals surface area (Å²) in [6, 6.07) is 26.0. The zero-order valence-electron chi connectivity index (χ0n) is 47.2. The monoisotopic (exact) mass is 1420 g/mol. The maximum Gasteiger partial charge on any atom is 1.00 e. The van der Waals surface area contributed by atoms with E-state index in [-0.39, 0.29) is 190 Å². The molecule has 0 saturated carbocycles. The van der Waals surface area contributed by atoms with E-state index in [2.05, 4.69) is 26.1 Å². The van der Waals surface area contributed by atoms with Crippen LogP contribution in [0.1, 0.15) is 122 Å². The van der Waals surface area contributed by atoms with Crippen LogP contribution in [0, 0.1) is 0 Å². The van der Waals surface area contributed by atoms with E-state index in [1.165, 1.54) is 34.0 Å². The Morgan fingerprint density at radius 3 is 1.73 bits per heavy atom. The molecular formula is C56H73BrCs2N2O15S2. The molecule has 0 bridgehead atoms. The number of hydrogen-bond donors (Lipinski definition) is 1. The molecule has 4 aromatic rings. The maximum absolute atomic E-state index is 13.5. The Balaban J connectivity index is 0. The number of hydrogen-bond acceptors (Lipinski definition) is 17. The Bertz CT molecular complexity index is 2530.